The molecular formula is C10H13ClFN. The summed E-state index contributed by atoms with van der Waals surface area (Å²) in [6, 6.07) is 4.50. The lowest BCUT2D eigenvalue weighted by Crippen LogP contribution is -2.08. The molecule has 0 radical (unpaired) electrons. The minimum absolute atomic E-state index is 0.259. The molecule has 0 atom stereocenters. The third-order valence-corrected chi connectivity index (χ3v) is 1.86. The second-order valence-electron chi connectivity index (χ2n) is 3.40. The smallest absolute Gasteiger partial charge is 0.146 e. The molecule has 1 N–H and O–H groups in total. The zero-order valence-electron chi connectivity index (χ0n) is 7.77. The third-order valence-electron chi connectivity index (χ3n) is 1.63. The van der Waals surface area contributed by atoms with Crippen LogP contribution in [0.15, 0.2) is 18.2 Å². The molecular weight excluding hydrogens is 189 g/mol. The van der Waals surface area contributed by atoms with Crippen LogP contribution in [0.2, 0.25) is 5.02 Å². The average molecular weight is 202 g/mol. The van der Waals surface area contributed by atoms with Gasteiger partial charge in [-0.3, -0.25) is 0 Å². The molecule has 0 aliphatic carbocycles. The van der Waals surface area contributed by atoms with Gasteiger partial charge in [-0.25, -0.2) is 4.39 Å². The maximum absolute atomic E-state index is 13.1. The van der Waals surface area contributed by atoms with Crippen molar-refractivity contribution < 1.29 is 4.39 Å². The van der Waals surface area contributed by atoms with Crippen LogP contribution in [-0.4, -0.2) is 6.54 Å². The molecule has 13 heavy (non-hydrogen) atoms. The van der Waals surface area contributed by atoms with Gasteiger partial charge in [-0.15, -0.1) is 0 Å². The van der Waals surface area contributed by atoms with E-state index < -0.39 is 0 Å². The van der Waals surface area contributed by atoms with Gasteiger partial charge < -0.3 is 5.32 Å². The Kier molecular flexibility index (Phi) is 3.55. The van der Waals surface area contributed by atoms with Gasteiger partial charge in [0.15, 0.2) is 0 Å². The van der Waals surface area contributed by atoms with E-state index in [4.69, 9.17) is 11.6 Å². The van der Waals surface area contributed by atoms with Crippen molar-refractivity contribution in [1.82, 2.24) is 0 Å². The molecule has 0 fully saturated rings. The van der Waals surface area contributed by atoms with Crippen LogP contribution in [0.25, 0.3) is 0 Å². The first kappa shape index (κ1) is 10.3. The summed E-state index contributed by atoms with van der Waals surface area (Å²) in [5.74, 6) is 0.225. The van der Waals surface area contributed by atoms with Crippen molar-refractivity contribution >= 4 is 17.3 Å². The number of anilines is 1. The fourth-order valence-electron chi connectivity index (χ4n) is 0.947. The standard InChI is InChI=1S/C10H13ClFN/c1-7(2)6-13-10-5-8(11)3-4-9(10)12/h3-5,7,13H,6H2,1-2H3. The molecule has 0 spiro atoms. The highest BCUT2D eigenvalue weighted by atomic mass is 35.5. The first-order valence-corrected chi connectivity index (χ1v) is 4.66. The van der Waals surface area contributed by atoms with Gasteiger partial charge in [-0.1, -0.05) is 25.4 Å². The second kappa shape index (κ2) is 4.47. The van der Waals surface area contributed by atoms with E-state index in [0.717, 1.165) is 6.54 Å². The average Bonchev–Trinajstić information content (AvgIpc) is 2.06. The van der Waals surface area contributed by atoms with Crippen molar-refractivity contribution in [3.05, 3.63) is 29.0 Å². The molecule has 1 rings (SSSR count). The Balaban J connectivity index is 2.70. The monoisotopic (exact) mass is 201 g/mol. The maximum atomic E-state index is 13.1. The number of nitrogens with one attached hydrogen (secondary N) is 1. The van der Waals surface area contributed by atoms with Crippen LogP contribution >= 0.6 is 11.6 Å². The van der Waals surface area contributed by atoms with Gasteiger partial charge in [0.25, 0.3) is 0 Å². The zero-order chi connectivity index (χ0) is 9.84. The van der Waals surface area contributed by atoms with Gasteiger partial charge in [0, 0.05) is 11.6 Å². The van der Waals surface area contributed by atoms with Gasteiger partial charge in [-0.2, -0.15) is 0 Å². The van der Waals surface area contributed by atoms with E-state index in [2.05, 4.69) is 19.2 Å². The van der Waals surface area contributed by atoms with Crippen LogP contribution in [-0.2, 0) is 0 Å². The van der Waals surface area contributed by atoms with E-state index in [0.29, 0.717) is 16.6 Å². The molecule has 3 heteroatoms. The Morgan fingerprint density at radius 1 is 1.46 bits per heavy atom. The third kappa shape index (κ3) is 3.23. The fourth-order valence-corrected chi connectivity index (χ4v) is 1.12. The highest BCUT2D eigenvalue weighted by Crippen LogP contribution is 2.19. The van der Waals surface area contributed by atoms with Crippen LogP contribution in [0.5, 0.6) is 0 Å². The van der Waals surface area contributed by atoms with Crippen LogP contribution in [0.1, 0.15) is 13.8 Å². The SMILES string of the molecule is CC(C)CNc1cc(Cl)ccc1F. The lowest BCUT2D eigenvalue weighted by Gasteiger charge is -2.09. The number of halogens is 2. The Bertz CT molecular complexity index is 286. The Hall–Kier alpha value is -0.760. The van der Waals surface area contributed by atoms with Gasteiger partial charge in [0.05, 0.1) is 5.69 Å². The first-order chi connectivity index (χ1) is 6.09. The predicted octanol–water partition coefficient (Wildman–Crippen LogP) is 3.55. The molecule has 72 valence electrons. The molecule has 0 aromatic heterocycles. The summed E-state index contributed by atoms with van der Waals surface area (Å²) in [6.45, 7) is 4.88. The van der Waals surface area contributed by atoms with Crippen LogP contribution in [0.3, 0.4) is 0 Å². The van der Waals surface area contributed by atoms with Gasteiger partial charge in [0.2, 0.25) is 0 Å². The zero-order valence-corrected chi connectivity index (χ0v) is 8.53. The summed E-state index contributed by atoms with van der Waals surface area (Å²) >= 11 is 5.73. The summed E-state index contributed by atoms with van der Waals surface area (Å²) in [7, 11) is 0. The van der Waals surface area contributed by atoms with E-state index in [1.165, 1.54) is 12.1 Å². The largest absolute Gasteiger partial charge is 0.382 e. The topological polar surface area (TPSA) is 12.0 Å². The maximum Gasteiger partial charge on any atom is 0.146 e. The van der Waals surface area contributed by atoms with E-state index in [9.17, 15) is 4.39 Å². The first-order valence-electron chi connectivity index (χ1n) is 4.28. The highest BCUT2D eigenvalue weighted by Gasteiger charge is 2.02. The Morgan fingerprint density at radius 2 is 2.15 bits per heavy atom. The molecule has 1 aromatic rings. The summed E-state index contributed by atoms with van der Waals surface area (Å²) in [4.78, 5) is 0. The van der Waals surface area contributed by atoms with Crippen molar-refractivity contribution in [3.8, 4) is 0 Å². The van der Waals surface area contributed by atoms with Crippen molar-refractivity contribution in [1.29, 1.82) is 0 Å². The molecule has 0 heterocycles. The number of hydrogen-bond acceptors (Lipinski definition) is 1. The molecule has 0 saturated carbocycles. The van der Waals surface area contributed by atoms with Crippen LogP contribution < -0.4 is 5.32 Å². The lowest BCUT2D eigenvalue weighted by atomic mass is 10.2. The highest BCUT2D eigenvalue weighted by molar-refractivity contribution is 6.30. The van der Waals surface area contributed by atoms with Crippen LogP contribution in [0.4, 0.5) is 10.1 Å². The second-order valence-corrected chi connectivity index (χ2v) is 3.84. The van der Waals surface area contributed by atoms with E-state index in [1.54, 1.807) is 6.07 Å². The number of rotatable bonds is 3. The van der Waals surface area contributed by atoms with E-state index in [-0.39, 0.29) is 5.82 Å². The van der Waals surface area contributed by atoms with Gasteiger partial charge in [0.1, 0.15) is 5.82 Å². The molecule has 1 aromatic carbocycles. The fraction of sp³-hybridized carbons (Fsp3) is 0.400. The molecule has 0 aliphatic heterocycles. The molecule has 0 unspecified atom stereocenters. The molecule has 0 amide bonds. The van der Waals surface area contributed by atoms with Crippen LogP contribution in [0, 0.1) is 11.7 Å². The summed E-state index contributed by atoms with van der Waals surface area (Å²) in [5, 5.41) is 3.54. The minimum Gasteiger partial charge on any atom is -0.382 e. The van der Waals surface area contributed by atoms with Gasteiger partial charge >= 0.3 is 0 Å². The number of benzene rings is 1. The van der Waals surface area contributed by atoms with Crippen molar-refractivity contribution in [2.24, 2.45) is 5.92 Å². The van der Waals surface area contributed by atoms with Crippen molar-refractivity contribution in [2.45, 2.75) is 13.8 Å². The van der Waals surface area contributed by atoms with Gasteiger partial charge in [-0.05, 0) is 24.1 Å². The predicted molar refractivity (Wildman–Crippen MR) is 54.7 cm³/mol. The Morgan fingerprint density at radius 3 is 2.77 bits per heavy atom. The van der Waals surface area contributed by atoms with Crippen molar-refractivity contribution in [2.75, 3.05) is 11.9 Å². The minimum atomic E-state index is -0.259. The van der Waals surface area contributed by atoms with E-state index >= 15 is 0 Å². The quantitative estimate of drug-likeness (QED) is 0.789. The molecule has 0 bridgehead atoms. The summed E-state index contributed by atoms with van der Waals surface area (Å²) in [5.41, 5.74) is 0.473. The molecule has 0 saturated heterocycles. The number of hydrogen-bond donors (Lipinski definition) is 1. The van der Waals surface area contributed by atoms with Crippen molar-refractivity contribution in [3.63, 3.8) is 0 Å². The molecule has 1 nitrogen and oxygen atoms in total. The summed E-state index contributed by atoms with van der Waals surface area (Å²) < 4.78 is 13.1. The molecule has 0 aliphatic rings. The lowest BCUT2D eigenvalue weighted by molar-refractivity contribution is 0.624. The normalized spacial score (nSPS) is 10.5. The van der Waals surface area contributed by atoms with E-state index in [1.807, 2.05) is 0 Å². The Labute approximate surface area is 82.9 Å². The summed E-state index contributed by atoms with van der Waals surface area (Å²) in [6.07, 6.45) is 0.